The normalized spacial score (nSPS) is 12.2. The van der Waals surface area contributed by atoms with Gasteiger partial charge in [-0.05, 0) is 44.9 Å². The molecule has 1 unspecified atom stereocenters. The Balaban J connectivity index is 2.63. The zero-order chi connectivity index (χ0) is 12.7. The fraction of sp³-hybridized carbons (Fsp3) is 0.467. The summed E-state index contributed by atoms with van der Waals surface area (Å²) in [7, 11) is 3.74. The lowest BCUT2D eigenvalue weighted by Gasteiger charge is -2.17. The smallest absolute Gasteiger partial charge is 0.122 e. The van der Waals surface area contributed by atoms with E-state index in [4.69, 9.17) is 4.74 Å². The number of rotatable bonds is 7. The topological polar surface area (TPSA) is 21.3 Å². The molecule has 0 saturated heterocycles. The molecule has 1 N–H and O–H groups in total. The minimum atomic E-state index is 0.475. The van der Waals surface area contributed by atoms with Crippen molar-refractivity contribution >= 4 is 0 Å². The molecule has 0 radical (unpaired) electrons. The van der Waals surface area contributed by atoms with E-state index in [0.29, 0.717) is 6.04 Å². The predicted molar refractivity (Wildman–Crippen MR) is 73.6 cm³/mol. The van der Waals surface area contributed by atoms with Crippen LogP contribution in [0.3, 0.4) is 0 Å². The minimum absolute atomic E-state index is 0.475. The monoisotopic (exact) mass is 233 g/mol. The van der Waals surface area contributed by atoms with Crippen LogP contribution in [0.2, 0.25) is 0 Å². The number of hydrogen-bond donors (Lipinski definition) is 1. The number of nitrogens with one attached hydrogen (secondary N) is 1. The van der Waals surface area contributed by atoms with Gasteiger partial charge in [0.25, 0.3) is 0 Å². The van der Waals surface area contributed by atoms with Gasteiger partial charge in [-0.2, -0.15) is 0 Å². The largest absolute Gasteiger partial charge is 0.496 e. The van der Waals surface area contributed by atoms with Crippen LogP contribution in [0.4, 0.5) is 0 Å². The molecule has 1 aromatic rings. The Hall–Kier alpha value is -1.28. The molecule has 0 aliphatic rings. The van der Waals surface area contributed by atoms with Gasteiger partial charge in [0.05, 0.1) is 7.11 Å². The second-order valence-corrected chi connectivity index (χ2v) is 4.50. The maximum absolute atomic E-state index is 5.37. The van der Waals surface area contributed by atoms with Gasteiger partial charge in [-0.25, -0.2) is 0 Å². The van der Waals surface area contributed by atoms with Crippen LogP contribution in [0.15, 0.2) is 36.4 Å². The van der Waals surface area contributed by atoms with Crippen molar-refractivity contribution in [2.24, 2.45) is 0 Å². The highest BCUT2D eigenvalue weighted by atomic mass is 16.5. The van der Waals surface area contributed by atoms with Gasteiger partial charge in [0.15, 0.2) is 0 Å². The third-order valence-corrected chi connectivity index (χ3v) is 2.99. The lowest BCUT2D eigenvalue weighted by atomic mass is 9.99. The van der Waals surface area contributed by atoms with Gasteiger partial charge < -0.3 is 10.1 Å². The van der Waals surface area contributed by atoms with Crippen LogP contribution in [-0.2, 0) is 6.42 Å². The molecular formula is C15H23NO. The summed E-state index contributed by atoms with van der Waals surface area (Å²) in [5.41, 5.74) is 2.50. The molecule has 0 aromatic heterocycles. The molecule has 0 fully saturated rings. The summed E-state index contributed by atoms with van der Waals surface area (Å²) in [4.78, 5) is 0. The van der Waals surface area contributed by atoms with E-state index in [1.54, 1.807) is 7.11 Å². The first-order valence-corrected chi connectivity index (χ1v) is 6.11. The van der Waals surface area contributed by atoms with Crippen molar-refractivity contribution in [1.82, 2.24) is 5.32 Å². The molecule has 0 aliphatic carbocycles. The first kappa shape index (κ1) is 13.8. The van der Waals surface area contributed by atoms with Crippen molar-refractivity contribution in [3.8, 4) is 5.75 Å². The standard InChI is InChI=1S/C15H23NO/c1-12(2)9-10-14(16-3)11-13-7-5-6-8-15(13)17-4/h5-8,14,16H,1,9-11H2,2-4H3. The maximum Gasteiger partial charge on any atom is 0.122 e. The average molecular weight is 233 g/mol. The van der Waals surface area contributed by atoms with Gasteiger partial charge in [0.1, 0.15) is 5.75 Å². The first-order chi connectivity index (χ1) is 8.17. The van der Waals surface area contributed by atoms with Crippen molar-refractivity contribution < 1.29 is 4.74 Å². The molecule has 1 aromatic carbocycles. The van der Waals surface area contributed by atoms with Crippen LogP contribution in [0, 0.1) is 0 Å². The van der Waals surface area contributed by atoms with E-state index in [0.717, 1.165) is 25.0 Å². The van der Waals surface area contributed by atoms with E-state index in [9.17, 15) is 0 Å². The van der Waals surface area contributed by atoms with Crippen molar-refractivity contribution in [2.75, 3.05) is 14.2 Å². The van der Waals surface area contributed by atoms with E-state index in [2.05, 4.69) is 31.0 Å². The Morgan fingerprint density at radius 3 is 2.71 bits per heavy atom. The molecule has 0 heterocycles. The van der Waals surface area contributed by atoms with Crippen molar-refractivity contribution in [2.45, 2.75) is 32.2 Å². The highest BCUT2D eigenvalue weighted by molar-refractivity contribution is 5.33. The third kappa shape index (κ3) is 4.61. The number of methoxy groups -OCH3 is 1. The SMILES string of the molecule is C=C(C)CCC(Cc1ccccc1OC)NC. The van der Waals surface area contributed by atoms with Gasteiger partial charge in [-0.1, -0.05) is 23.8 Å². The van der Waals surface area contributed by atoms with E-state index in [-0.39, 0.29) is 0 Å². The fourth-order valence-corrected chi connectivity index (χ4v) is 1.91. The summed E-state index contributed by atoms with van der Waals surface area (Å²) < 4.78 is 5.37. The second kappa shape index (κ2) is 7.13. The molecule has 1 atom stereocenters. The zero-order valence-electron chi connectivity index (χ0n) is 11.1. The number of para-hydroxylation sites is 1. The van der Waals surface area contributed by atoms with Gasteiger partial charge >= 0.3 is 0 Å². The number of likely N-dealkylation sites (N-methyl/N-ethyl adjacent to an activating group) is 1. The van der Waals surface area contributed by atoms with Gasteiger partial charge in [-0.3, -0.25) is 0 Å². The summed E-state index contributed by atoms with van der Waals surface area (Å²) >= 11 is 0. The number of hydrogen-bond acceptors (Lipinski definition) is 2. The Kier molecular flexibility index (Phi) is 5.78. The molecule has 1 rings (SSSR count). The Morgan fingerprint density at radius 1 is 1.41 bits per heavy atom. The van der Waals surface area contributed by atoms with Crippen LogP contribution in [0.25, 0.3) is 0 Å². The molecule has 2 heteroatoms. The van der Waals surface area contributed by atoms with Crippen LogP contribution in [-0.4, -0.2) is 20.2 Å². The van der Waals surface area contributed by atoms with Crippen molar-refractivity contribution in [1.29, 1.82) is 0 Å². The molecule has 0 spiro atoms. The second-order valence-electron chi connectivity index (χ2n) is 4.50. The van der Waals surface area contributed by atoms with Gasteiger partial charge in [0, 0.05) is 6.04 Å². The summed E-state index contributed by atoms with van der Waals surface area (Å²) in [5, 5.41) is 3.36. The minimum Gasteiger partial charge on any atom is -0.496 e. The molecule has 2 nitrogen and oxygen atoms in total. The van der Waals surface area contributed by atoms with Crippen LogP contribution in [0.1, 0.15) is 25.3 Å². The Morgan fingerprint density at radius 2 is 2.12 bits per heavy atom. The zero-order valence-corrected chi connectivity index (χ0v) is 11.1. The summed E-state index contributed by atoms with van der Waals surface area (Å²) in [6.45, 7) is 6.03. The first-order valence-electron chi connectivity index (χ1n) is 6.11. The van der Waals surface area contributed by atoms with E-state index in [1.807, 2.05) is 19.2 Å². The molecular weight excluding hydrogens is 210 g/mol. The lowest BCUT2D eigenvalue weighted by Crippen LogP contribution is -2.27. The Labute approximate surface area is 105 Å². The van der Waals surface area contributed by atoms with Gasteiger partial charge in [-0.15, -0.1) is 6.58 Å². The van der Waals surface area contributed by atoms with E-state index in [1.165, 1.54) is 11.1 Å². The average Bonchev–Trinajstić information content (AvgIpc) is 2.34. The molecule has 17 heavy (non-hydrogen) atoms. The van der Waals surface area contributed by atoms with Crippen molar-refractivity contribution in [3.05, 3.63) is 42.0 Å². The lowest BCUT2D eigenvalue weighted by molar-refractivity contribution is 0.404. The number of ether oxygens (including phenoxy) is 1. The fourth-order valence-electron chi connectivity index (χ4n) is 1.91. The van der Waals surface area contributed by atoms with Crippen LogP contribution < -0.4 is 10.1 Å². The number of allylic oxidation sites excluding steroid dienone is 1. The van der Waals surface area contributed by atoms with Crippen LogP contribution >= 0.6 is 0 Å². The van der Waals surface area contributed by atoms with Crippen LogP contribution in [0.5, 0.6) is 5.75 Å². The highest BCUT2D eigenvalue weighted by Crippen LogP contribution is 2.20. The maximum atomic E-state index is 5.37. The quantitative estimate of drug-likeness (QED) is 0.730. The molecule has 0 amide bonds. The molecule has 0 bridgehead atoms. The summed E-state index contributed by atoms with van der Waals surface area (Å²) in [6, 6.07) is 8.68. The van der Waals surface area contributed by atoms with E-state index < -0.39 is 0 Å². The molecule has 0 aliphatic heterocycles. The highest BCUT2D eigenvalue weighted by Gasteiger charge is 2.10. The molecule has 94 valence electrons. The Bertz CT molecular complexity index is 360. The predicted octanol–water partition coefficient (Wildman–Crippen LogP) is 3.18. The van der Waals surface area contributed by atoms with E-state index >= 15 is 0 Å². The van der Waals surface area contributed by atoms with Crippen molar-refractivity contribution in [3.63, 3.8) is 0 Å². The molecule has 0 saturated carbocycles. The third-order valence-electron chi connectivity index (χ3n) is 2.99. The van der Waals surface area contributed by atoms with Gasteiger partial charge in [0.2, 0.25) is 0 Å². The number of benzene rings is 1. The summed E-state index contributed by atoms with van der Waals surface area (Å²) in [6.07, 6.45) is 3.18. The summed E-state index contributed by atoms with van der Waals surface area (Å²) in [5.74, 6) is 0.975.